The molecule has 6 nitrogen and oxygen atoms in total. The fourth-order valence-electron chi connectivity index (χ4n) is 3.86. The summed E-state index contributed by atoms with van der Waals surface area (Å²) in [6, 6.07) is 17.3. The van der Waals surface area contributed by atoms with E-state index in [-0.39, 0.29) is 17.7 Å². The van der Waals surface area contributed by atoms with Gasteiger partial charge >= 0.3 is 0 Å². The van der Waals surface area contributed by atoms with E-state index in [0.717, 1.165) is 35.4 Å². The Balaban J connectivity index is 1.48. The summed E-state index contributed by atoms with van der Waals surface area (Å²) in [5.41, 5.74) is 3.34. The maximum atomic E-state index is 13.0. The number of carbonyl (C=O) groups is 2. The average Bonchev–Trinajstić information content (AvgIpc) is 3.34. The molecule has 2 heterocycles. The van der Waals surface area contributed by atoms with Crippen molar-refractivity contribution in [2.24, 2.45) is 5.92 Å². The van der Waals surface area contributed by atoms with Gasteiger partial charge in [0.1, 0.15) is 5.75 Å². The number of aromatic nitrogens is 1. The summed E-state index contributed by atoms with van der Waals surface area (Å²) < 4.78 is 5.23. The van der Waals surface area contributed by atoms with Crippen LogP contribution in [0.1, 0.15) is 23.2 Å². The molecule has 4 rings (SSSR count). The molecular formula is C24H25N3O3. The van der Waals surface area contributed by atoms with Crippen LogP contribution in [0, 0.1) is 5.92 Å². The molecule has 0 spiro atoms. The summed E-state index contributed by atoms with van der Waals surface area (Å²) in [4.78, 5) is 30.4. The predicted octanol–water partition coefficient (Wildman–Crippen LogP) is 4.18. The zero-order valence-electron chi connectivity index (χ0n) is 16.9. The molecular weight excluding hydrogens is 378 g/mol. The lowest BCUT2D eigenvalue weighted by molar-refractivity contribution is -0.121. The number of benzene rings is 2. The van der Waals surface area contributed by atoms with Gasteiger partial charge in [-0.25, -0.2) is 0 Å². The Hall–Kier alpha value is -3.54. The Bertz CT molecular complexity index is 1010. The van der Waals surface area contributed by atoms with E-state index in [9.17, 15) is 9.59 Å². The Labute approximate surface area is 175 Å². The quantitative estimate of drug-likeness (QED) is 0.671. The van der Waals surface area contributed by atoms with Crippen LogP contribution in [0.5, 0.6) is 5.75 Å². The van der Waals surface area contributed by atoms with Gasteiger partial charge in [-0.15, -0.1) is 0 Å². The Morgan fingerprint density at radius 2 is 1.90 bits per heavy atom. The molecule has 154 valence electrons. The van der Waals surface area contributed by atoms with E-state index < -0.39 is 0 Å². The molecule has 0 aliphatic carbocycles. The van der Waals surface area contributed by atoms with Gasteiger partial charge in [0.15, 0.2) is 0 Å². The van der Waals surface area contributed by atoms with Crippen LogP contribution in [0.2, 0.25) is 0 Å². The van der Waals surface area contributed by atoms with Crippen molar-refractivity contribution in [3.8, 4) is 16.9 Å². The van der Waals surface area contributed by atoms with Crippen molar-refractivity contribution >= 4 is 17.5 Å². The maximum absolute atomic E-state index is 13.0. The number of carbonyl (C=O) groups excluding carboxylic acids is 2. The average molecular weight is 403 g/mol. The topological polar surface area (TPSA) is 74.4 Å². The number of likely N-dealkylation sites (tertiary alicyclic amines) is 1. The predicted molar refractivity (Wildman–Crippen MR) is 116 cm³/mol. The van der Waals surface area contributed by atoms with Gasteiger partial charge in [0.05, 0.1) is 18.6 Å². The highest BCUT2D eigenvalue weighted by molar-refractivity contribution is 5.98. The molecule has 0 radical (unpaired) electrons. The second-order valence-corrected chi connectivity index (χ2v) is 7.45. The van der Waals surface area contributed by atoms with Crippen LogP contribution in [0.4, 0.5) is 5.69 Å². The van der Waals surface area contributed by atoms with Gasteiger partial charge in [-0.1, -0.05) is 30.3 Å². The molecule has 2 aromatic carbocycles. The van der Waals surface area contributed by atoms with Gasteiger partial charge in [0.25, 0.3) is 5.91 Å². The summed E-state index contributed by atoms with van der Waals surface area (Å²) in [6.07, 6.45) is 5.01. The number of aromatic amines is 1. The fraction of sp³-hybridized carbons (Fsp3) is 0.250. The van der Waals surface area contributed by atoms with E-state index in [2.05, 4.69) is 10.3 Å². The number of anilines is 1. The molecule has 6 heteroatoms. The highest BCUT2D eigenvalue weighted by Crippen LogP contribution is 2.30. The molecule has 1 saturated heterocycles. The fourth-order valence-corrected chi connectivity index (χ4v) is 3.86. The zero-order valence-corrected chi connectivity index (χ0v) is 16.9. The van der Waals surface area contributed by atoms with Crippen molar-refractivity contribution < 1.29 is 14.3 Å². The normalized spacial score (nSPS) is 16.2. The molecule has 0 bridgehead atoms. The minimum absolute atomic E-state index is 0.0348. The number of ether oxygens (including phenoxy) is 1. The highest BCUT2D eigenvalue weighted by atomic mass is 16.5. The van der Waals surface area contributed by atoms with Crippen molar-refractivity contribution in [2.75, 3.05) is 25.5 Å². The standard InChI is InChI=1S/C24H25N3O3/c1-30-20-10-8-17(9-11-20)21-6-2-3-7-22(21)26-23(28)19-5-4-14-27(16-19)24(29)18-12-13-25-15-18/h2-3,6-13,15,19,25H,4-5,14,16H2,1H3,(H,26,28). The number of nitrogens with one attached hydrogen (secondary N) is 2. The van der Waals surface area contributed by atoms with Crippen molar-refractivity contribution in [2.45, 2.75) is 12.8 Å². The number of hydrogen-bond acceptors (Lipinski definition) is 3. The van der Waals surface area contributed by atoms with E-state index in [0.29, 0.717) is 18.7 Å². The first-order valence-corrected chi connectivity index (χ1v) is 10.1. The third-order valence-corrected chi connectivity index (χ3v) is 5.51. The van der Waals surface area contributed by atoms with E-state index >= 15 is 0 Å². The smallest absolute Gasteiger partial charge is 0.255 e. The largest absolute Gasteiger partial charge is 0.497 e. The van der Waals surface area contributed by atoms with Crippen LogP contribution in [0.3, 0.4) is 0 Å². The van der Waals surface area contributed by atoms with Crippen molar-refractivity contribution in [3.05, 3.63) is 72.6 Å². The Morgan fingerprint density at radius 3 is 2.63 bits per heavy atom. The summed E-state index contributed by atoms with van der Waals surface area (Å²) in [7, 11) is 1.64. The lowest BCUT2D eigenvalue weighted by Crippen LogP contribution is -2.43. The molecule has 3 aromatic rings. The molecule has 1 aromatic heterocycles. The molecule has 1 unspecified atom stereocenters. The first kappa shape index (κ1) is 19.8. The molecule has 1 aliphatic heterocycles. The number of nitrogens with zero attached hydrogens (tertiary/aromatic N) is 1. The van der Waals surface area contributed by atoms with Gasteiger partial charge in [0.2, 0.25) is 5.91 Å². The van der Waals surface area contributed by atoms with Crippen LogP contribution in [0.15, 0.2) is 67.0 Å². The summed E-state index contributed by atoms with van der Waals surface area (Å²) in [5.74, 6) is 0.468. The number of H-pyrrole nitrogens is 1. The number of piperidine rings is 1. The van der Waals surface area contributed by atoms with Gasteiger partial charge in [-0.2, -0.15) is 0 Å². The van der Waals surface area contributed by atoms with Crippen molar-refractivity contribution in [1.82, 2.24) is 9.88 Å². The van der Waals surface area contributed by atoms with Gasteiger partial charge < -0.3 is 19.9 Å². The van der Waals surface area contributed by atoms with Crippen molar-refractivity contribution in [1.29, 1.82) is 0 Å². The van der Waals surface area contributed by atoms with Crippen LogP contribution >= 0.6 is 0 Å². The number of methoxy groups -OCH3 is 1. The summed E-state index contributed by atoms with van der Waals surface area (Å²) >= 11 is 0. The lowest BCUT2D eigenvalue weighted by atomic mass is 9.96. The Kier molecular flexibility index (Phi) is 5.84. The minimum atomic E-state index is -0.231. The molecule has 1 atom stereocenters. The van der Waals surface area contributed by atoms with E-state index in [1.54, 1.807) is 30.5 Å². The van der Waals surface area contributed by atoms with Crippen LogP contribution in [-0.4, -0.2) is 41.9 Å². The second kappa shape index (κ2) is 8.86. The lowest BCUT2D eigenvalue weighted by Gasteiger charge is -2.32. The number of para-hydroxylation sites is 1. The Morgan fingerprint density at radius 1 is 1.10 bits per heavy atom. The van der Waals surface area contributed by atoms with E-state index in [1.165, 1.54) is 0 Å². The first-order chi connectivity index (χ1) is 14.7. The summed E-state index contributed by atoms with van der Waals surface area (Å²) in [6.45, 7) is 1.11. The van der Waals surface area contributed by atoms with E-state index in [4.69, 9.17) is 4.74 Å². The molecule has 0 saturated carbocycles. The third-order valence-electron chi connectivity index (χ3n) is 5.51. The second-order valence-electron chi connectivity index (χ2n) is 7.45. The van der Waals surface area contributed by atoms with Crippen LogP contribution < -0.4 is 10.1 Å². The van der Waals surface area contributed by atoms with E-state index in [1.807, 2.05) is 48.5 Å². The number of amides is 2. The number of hydrogen-bond donors (Lipinski definition) is 2. The molecule has 30 heavy (non-hydrogen) atoms. The van der Waals surface area contributed by atoms with Gasteiger partial charge in [-0.3, -0.25) is 9.59 Å². The van der Waals surface area contributed by atoms with Crippen molar-refractivity contribution in [3.63, 3.8) is 0 Å². The zero-order chi connectivity index (χ0) is 20.9. The van der Waals surface area contributed by atoms with Crippen LogP contribution in [-0.2, 0) is 4.79 Å². The highest BCUT2D eigenvalue weighted by Gasteiger charge is 2.29. The number of rotatable bonds is 5. The molecule has 1 aliphatic rings. The molecule has 1 fully saturated rings. The maximum Gasteiger partial charge on any atom is 0.255 e. The third kappa shape index (κ3) is 4.22. The molecule has 2 amide bonds. The monoisotopic (exact) mass is 403 g/mol. The first-order valence-electron chi connectivity index (χ1n) is 10.1. The van der Waals surface area contributed by atoms with Gasteiger partial charge in [-0.05, 0) is 42.7 Å². The molecule has 2 N–H and O–H groups in total. The SMILES string of the molecule is COc1ccc(-c2ccccc2NC(=O)C2CCCN(C(=O)c3cc[nH]c3)C2)cc1. The minimum Gasteiger partial charge on any atom is -0.497 e. The van der Waals surface area contributed by atoms with Gasteiger partial charge in [0, 0.05) is 36.7 Å². The summed E-state index contributed by atoms with van der Waals surface area (Å²) in [5, 5.41) is 3.09. The van der Waals surface area contributed by atoms with Crippen LogP contribution in [0.25, 0.3) is 11.1 Å².